The molecule has 565 valence electrons. The number of hydrogen-bond acceptors (Lipinski definition) is 16. The van der Waals surface area contributed by atoms with Crippen molar-refractivity contribution >= 4 is 55.4 Å². The Morgan fingerprint density at radius 2 is 1.11 bits per heavy atom. The van der Waals surface area contributed by atoms with E-state index in [1.54, 1.807) is 28.9 Å². The molecule has 1 radical (unpaired) electrons. The first kappa shape index (κ1) is 89.3. The predicted molar refractivity (Wildman–Crippen MR) is 402 cm³/mol. The molecule has 6 saturated carbocycles. The molecular formula is C84H127BN4NaO13. The third-order valence-corrected chi connectivity index (χ3v) is 27.0. The molecule has 0 unspecified atom stereocenters. The van der Waals surface area contributed by atoms with Crippen molar-refractivity contribution < 1.29 is 92.3 Å². The second-order valence-corrected chi connectivity index (χ2v) is 32.7. The quantitative estimate of drug-likeness (QED) is 0.0276. The summed E-state index contributed by atoms with van der Waals surface area (Å²) in [7, 11) is 3.25. The van der Waals surface area contributed by atoms with Gasteiger partial charge in [0.15, 0.2) is 11.6 Å². The number of allylic oxidation sites excluding steroid dienone is 2. The Balaban J connectivity index is 0.000000277. The summed E-state index contributed by atoms with van der Waals surface area (Å²) in [6.07, 6.45) is 26.0. The Morgan fingerprint density at radius 3 is 1.56 bits per heavy atom. The Bertz CT molecular complexity index is 3230. The van der Waals surface area contributed by atoms with Crippen LogP contribution in [0.1, 0.15) is 240 Å². The van der Waals surface area contributed by atoms with E-state index in [4.69, 9.17) is 19.0 Å². The summed E-state index contributed by atoms with van der Waals surface area (Å²) in [4.78, 5) is 89.4. The Morgan fingerprint density at radius 1 is 0.660 bits per heavy atom. The van der Waals surface area contributed by atoms with Gasteiger partial charge < -0.3 is 45.2 Å². The van der Waals surface area contributed by atoms with E-state index in [0.717, 1.165) is 137 Å². The molecule has 12 aliphatic rings. The molecule has 103 heavy (non-hydrogen) atoms. The molecule has 0 aromatic heterocycles. The van der Waals surface area contributed by atoms with Crippen LogP contribution in [-0.2, 0) is 47.7 Å². The zero-order valence-corrected chi connectivity index (χ0v) is 65.1. The van der Waals surface area contributed by atoms with Gasteiger partial charge in [0.1, 0.15) is 17.9 Å². The minimum atomic E-state index is -0.562. The summed E-state index contributed by atoms with van der Waals surface area (Å²) < 4.78 is 26.0. The van der Waals surface area contributed by atoms with Crippen LogP contribution in [0.15, 0.2) is 83.0 Å². The van der Waals surface area contributed by atoms with Gasteiger partial charge in [-0.3, -0.25) is 40.0 Å². The van der Waals surface area contributed by atoms with Crippen molar-refractivity contribution in [1.82, 2.24) is 20.9 Å². The van der Waals surface area contributed by atoms with E-state index >= 15 is 0 Å². The molecular weight excluding hydrogens is 1310 g/mol. The van der Waals surface area contributed by atoms with Crippen LogP contribution in [0.5, 0.6) is 0 Å². The van der Waals surface area contributed by atoms with Crippen molar-refractivity contribution in [3.8, 4) is 0 Å². The van der Waals surface area contributed by atoms with Crippen molar-refractivity contribution in [1.29, 1.82) is 0 Å². The molecule has 19 heteroatoms. The summed E-state index contributed by atoms with van der Waals surface area (Å²) in [6, 6.07) is 19.6. The molecule has 20 atom stereocenters. The van der Waals surface area contributed by atoms with Crippen molar-refractivity contribution in [2.75, 3.05) is 45.8 Å². The second kappa shape index (κ2) is 39.7. The van der Waals surface area contributed by atoms with Gasteiger partial charge in [0.05, 0.1) is 43.0 Å². The van der Waals surface area contributed by atoms with E-state index in [9.17, 15) is 33.6 Å². The van der Waals surface area contributed by atoms with Gasteiger partial charge in [-0.05, 0) is 193 Å². The number of hydrogen-bond donors (Lipinski definition) is 3. The van der Waals surface area contributed by atoms with E-state index in [-0.39, 0.29) is 85.7 Å². The molecule has 4 saturated heterocycles. The predicted octanol–water partition coefficient (Wildman–Crippen LogP) is 10.4. The van der Waals surface area contributed by atoms with Crippen molar-refractivity contribution in [3.05, 3.63) is 94.1 Å². The van der Waals surface area contributed by atoms with Crippen LogP contribution in [0.25, 0.3) is 0 Å². The first-order valence-corrected chi connectivity index (χ1v) is 37.8. The third kappa shape index (κ3) is 20.1. The second-order valence-electron chi connectivity index (χ2n) is 32.7. The van der Waals surface area contributed by atoms with Gasteiger partial charge in [-0.1, -0.05) is 139 Å². The molecule has 8 aliphatic carbocycles. The summed E-state index contributed by atoms with van der Waals surface area (Å²) in [6.45, 7) is 28.3. The maximum atomic E-state index is 12.6. The maximum absolute atomic E-state index is 12.6. The summed E-state index contributed by atoms with van der Waals surface area (Å²) in [5.41, 5.74) is 9.12. The van der Waals surface area contributed by atoms with Crippen LogP contribution in [0, 0.1) is 81.8 Å². The topological polar surface area (TPSA) is 252 Å². The van der Waals surface area contributed by atoms with Crippen LogP contribution >= 0.6 is 0 Å². The maximum Gasteiger partial charge on any atom is 1.00 e. The van der Waals surface area contributed by atoms with E-state index in [0.29, 0.717) is 88.4 Å². The van der Waals surface area contributed by atoms with Crippen LogP contribution in [-0.4, -0.2) is 147 Å². The molecule has 4 heterocycles. The normalized spacial score (nSPS) is 36.1. The van der Waals surface area contributed by atoms with Crippen LogP contribution in [0.3, 0.4) is 0 Å². The number of ketones is 4. The molecule has 17 nitrogen and oxygen atoms in total. The number of nitrogens with zero attached hydrogens (tertiary/aromatic N) is 1. The third-order valence-electron chi connectivity index (χ3n) is 27.0. The van der Waals surface area contributed by atoms with Gasteiger partial charge in [0, 0.05) is 94.2 Å². The van der Waals surface area contributed by atoms with E-state index < -0.39 is 11.9 Å². The number of benzene rings is 2. The minimum absolute atomic E-state index is 0. The molecule has 2 spiro atoms. The van der Waals surface area contributed by atoms with E-state index in [2.05, 4.69) is 88.7 Å². The molecule has 5 N–H and O–H groups in total. The molecule has 4 aliphatic heterocycles. The van der Waals surface area contributed by atoms with Gasteiger partial charge in [0.25, 0.3) is 0 Å². The average molecular weight is 1430 g/mol. The Hall–Kier alpha value is -4.34. The number of carbonyl (C=O) groups excluding carboxylic acids is 8. The molecule has 2 aromatic carbocycles. The van der Waals surface area contributed by atoms with Crippen molar-refractivity contribution in [2.45, 2.75) is 255 Å². The number of esters is 2. The number of Topliss-reactive ketones (excluding diaryl/α,β-unsaturated/α-hetero) is 4. The zero-order valence-electron chi connectivity index (χ0n) is 63.1. The minimum Gasteiger partial charge on any atom is 1.00 e. The number of likely N-dealkylation sites (tertiary alicyclic amines) is 1. The van der Waals surface area contributed by atoms with Crippen LogP contribution in [0.2, 0.25) is 0 Å². The summed E-state index contributed by atoms with van der Waals surface area (Å²) in [5, 5.41) is 10.0. The first-order valence-electron chi connectivity index (χ1n) is 37.8. The number of ether oxygens (including phenoxy) is 3. The number of fused-ring (bicyclic) bond motifs is 12. The average Bonchev–Trinajstić information content (AvgIpc) is 1.59. The largest absolute Gasteiger partial charge is 1.00 e. The fraction of sp³-hybridized carbons (Fsp3) is 0.714. The van der Waals surface area contributed by atoms with Crippen molar-refractivity contribution in [2.24, 2.45) is 81.8 Å². The van der Waals surface area contributed by atoms with Gasteiger partial charge in [-0.25, -0.2) is 0 Å². The number of piperidine rings is 2. The molecule has 14 rings (SSSR count). The number of rotatable bonds is 11. The molecule has 0 amide bonds. The van der Waals surface area contributed by atoms with Gasteiger partial charge >= 0.3 is 53.9 Å². The van der Waals surface area contributed by atoms with Gasteiger partial charge in [0.2, 0.25) is 0 Å². The number of nitrogens with one attached hydrogen (secondary N) is 3. The monoisotopic (exact) mass is 1430 g/mol. The van der Waals surface area contributed by atoms with Crippen LogP contribution < -0.4 is 45.5 Å². The van der Waals surface area contributed by atoms with E-state index in [1.165, 1.54) is 97.7 Å². The smallest absolute Gasteiger partial charge is 1.00 e. The van der Waals surface area contributed by atoms with Crippen molar-refractivity contribution in [3.63, 3.8) is 0 Å². The fourth-order valence-corrected chi connectivity index (χ4v) is 22.2. The van der Waals surface area contributed by atoms with E-state index in [1.807, 2.05) is 54.1 Å². The van der Waals surface area contributed by atoms with Gasteiger partial charge in [-0.2, -0.15) is 6.92 Å². The molecule has 2 aromatic rings. The Kier molecular flexibility index (Phi) is 34.4. The standard InChI is InChI=1S/C38H54N2O3.C28H43NO2.C10H11NO2.C4H6O3.C2H3O.2CH4.BO.Na.H2O/c1-24-18-35-36(40(23-24)17-16-39-22-34(42)27-8-6-5-7-9-27)26(3)38(43-35)15-13-30-31-11-10-28-19-29(41)12-14-37(28,4)33(31)20-32(30)25(2)21-38;1-16-11-25-26(29-15-16)18(3)28(31-25)10-8-21-22-6-5-19-12-20(30)7-9-27(19,4)24(22)13-23(21)17(2)14-28;12-7-6-11-8-10(13)9-4-2-1-3-5-9;1-3(5)7-4(2)6;1-2-3;;;1-2;;/h5-9,24,26,28,30-31,33,35-36,39H,10-23H2,1-4H3;16,18-19,21-22,24-26,29H,5-15H2,1-4H3;1-5,7,11H,6,8H2;1-2H3;1H3;2*1H4;;;1H2/q;;;;-1;;;;+1;/t24-,26+,28+,30-,31-,33-,35+,36-,37-,38-;16-,18+,19+,21-,22-,24-,25+,26-,27-,28-;;;;;;;;/m00......../s1. The van der Waals surface area contributed by atoms with Crippen LogP contribution in [0.4, 0.5) is 0 Å². The van der Waals surface area contributed by atoms with Gasteiger partial charge in [-0.15, -0.1) is 0 Å². The SMILES string of the molecule is C.C.CC(=O)OC(C)=O.CC1=C2C[C@H]3[C@@H](CC[C@@H]4CC(=O)CC[C@@]43C)[C@@H]2CC[C@@]2(C1)O[C@@H]1C[C@H](C)CN(CCNCC(=O)c3ccccc3)[C@H]1[C@H]2C.CC1=C2C[C@H]3[C@@H](CC[C@@H]4CC(=O)CC[C@@]43C)[C@@H]2CC[C@@]2(C1)O[C@@H]1C[C@H](C)CN[C@H]1[C@H]2C.C[C-]=O.O.O=CCNCC(=O)c1ccccc1.[B]=O.[Na+]. The fourth-order valence-electron chi connectivity index (χ4n) is 22.2. The number of aldehydes is 1. The summed E-state index contributed by atoms with van der Waals surface area (Å²) >= 11 is 0. The number of carbonyl (C=O) groups is 7. The first-order chi connectivity index (χ1) is 47.4. The zero-order chi connectivity index (χ0) is 71.6. The Labute approximate surface area is 641 Å². The molecule has 10 fully saturated rings. The molecule has 0 bridgehead atoms. The summed E-state index contributed by atoms with van der Waals surface area (Å²) in [5.74, 6) is 8.55.